The first-order valence-electron chi connectivity index (χ1n) is 8.89. The number of carbonyl (C=O) groups excluding carboxylic acids is 2. The van der Waals surface area contributed by atoms with Crippen LogP contribution < -0.4 is 14.4 Å². The van der Waals surface area contributed by atoms with Crippen LogP contribution in [0.5, 0.6) is 11.5 Å². The number of methoxy groups -OCH3 is 1. The van der Waals surface area contributed by atoms with Crippen molar-refractivity contribution in [2.75, 3.05) is 32.2 Å². The first kappa shape index (κ1) is 18.8. The van der Waals surface area contributed by atoms with Gasteiger partial charge in [-0.15, -0.1) is 0 Å². The van der Waals surface area contributed by atoms with Crippen molar-refractivity contribution in [2.45, 2.75) is 19.9 Å². The Morgan fingerprint density at radius 3 is 2.81 bits per heavy atom. The molecule has 2 aromatic carbocycles. The van der Waals surface area contributed by atoms with E-state index in [0.717, 1.165) is 16.9 Å². The van der Waals surface area contributed by atoms with Gasteiger partial charge in [-0.25, -0.2) is 0 Å². The fraction of sp³-hybridized carbons (Fsp3) is 0.333. The molecule has 27 heavy (non-hydrogen) atoms. The van der Waals surface area contributed by atoms with E-state index in [2.05, 4.69) is 0 Å². The lowest BCUT2D eigenvalue weighted by Crippen LogP contribution is -2.41. The van der Waals surface area contributed by atoms with E-state index < -0.39 is 0 Å². The second kappa shape index (κ2) is 8.12. The second-order valence-electron chi connectivity index (χ2n) is 6.62. The standard InChI is InChI=1S/C21H24N2O4/c1-15-8-9-18(26-3)16(12-15)13-22(2)20(24)10-11-23-17-6-4-5-7-19(17)27-14-21(23)25/h4-9,12H,10-11,13-14H2,1-3H3. The lowest BCUT2D eigenvalue weighted by Gasteiger charge is -2.29. The molecule has 2 aromatic rings. The summed E-state index contributed by atoms with van der Waals surface area (Å²) in [5.41, 5.74) is 2.79. The van der Waals surface area contributed by atoms with Gasteiger partial charge in [-0.2, -0.15) is 0 Å². The summed E-state index contributed by atoms with van der Waals surface area (Å²) >= 11 is 0. The molecule has 0 saturated heterocycles. The molecule has 0 aromatic heterocycles. The van der Waals surface area contributed by atoms with E-state index in [1.807, 2.05) is 49.4 Å². The largest absolute Gasteiger partial charge is 0.496 e. The van der Waals surface area contributed by atoms with Gasteiger partial charge < -0.3 is 19.3 Å². The molecule has 1 aliphatic rings. The Morgan fingerprint density at radius 1 is 1.26 bits per heavy atom. The van der Waals surface area contributed by atoms with Gasteiger partial charge in [0.2, 0.25) is 5.91 Å². The number of rotatable bonds is 6. The second-order valence-corrected chi connectivity index (χ2v) is 6.62. The summed E-state index contributed by atoms with van der Waals surface area (Å²) in [6.45, 7) is 2.79. The molecule has 0 atom stereocenters. The molecule has 0 fully saturated rings. The third kappa shape index (κ3) is 4.22. The van der Waals surface area contributed by atoms with Gasteiger partial charge in [0, 0.05) is 32.1 Å². The molecular formula is C21H24N2O4. The summed E-state index contributed by atoms with van der Waals surface area (Å²) in [7, 11) is 3.39. The molecule has 0 N–H and O–H groups in total. The number of hydrogen-bond donors (Lipinski definition) is 0. The molecule has 3 rings (SSSR count). The first-order valence-corrected chi connectivity index (χ1v) is 8.89. The average Bonchev–Trinajstić information content (AvgIpc) is 2.67. The highest BCUT2D eigenvalue weighted by Gasteiger charge is 2.26. The van der Waals surface area contributed by atoms with Gasteiger partial charge in [0.1, 0.15) is 11.5 Å². The zero-order valence-corrected chi connectivity index (χ0v) is 15.9. The summed E-state index contributed by atoms with van der Waals surface area (Å²) in [6, 6.07) is 13.3. The fourth-order valence-electron chi connectivity index (χ4n) is 3.17. The topological polar surface area (TPSA) is 59.1 Å². The van der Waals surface area contributed by atoms with Crippen molar-refractivity contribution in [3.05, 3.63) is 53.6 Å². The van der Waals surface area contributed by atoms with Crippen LogP contribution in [0.15, 0.2) is 42.5 Å². The Kier molecular flexibility index (Phi) is 5.64. The molecule has 0 saturated carbocycles. The van der Waals surface area contributed by atoms with E-state index in [1.165, 1.54) is 0 Å². The van der Waals surface area contributed by atoms with Crippen molar-refractivity contribution in [3.8, 4) is 11.5 Å². The smallest absolute Gasteiger partial charge is 0.265 e. The number of aryl methyl sites for hydroxylation is 1. The monoisotopic (exact) mass is 368 g/mol. The SMILES string of the molecule is COc1ccc(C)cc1CN(C)C(=O)CCN1C(=O)COc2ccccc21. The molecular weight excluding hydrogens is 344 g/mol. The minimum absolute atomic E-state index is 0.00152. The van der Waals surface area contributed by atoms with Crippen molar-refractivity contribution < 1.29 is 19.1 Å². The van der Waals surface area contributed by atoms with Gasteiger partial charge in [-0.05, 0) is 25.1 Å². The third-order valence-electron chi connectivity index (χ3n) is 4.63. The normalized spacial score (nSPS) is 13.0. The number of fused-ring (bicyclic) bond motifs is 1. The quantitative estimate of drug-likeness (QED) is 0.787. The summed E-state index contributed by atoms with van der Waals surface area (Å²) in [5, 5.41) is 0. The lowest BCUT2D eigenvalue weighted by atomic mass is 10.1. The molecule has 0 bridgehead atoms. The number of anilines is 1. The highest BCUT2D eigenvalue weighted by atomic mass is 16.5. The predicted molar refractivity (Wildman–Crippen MR) is 103 cm³/mol. The summed E-state index contributed by atoms with van der Waals surface area (Å²) in [6.07, 6.45) is 0.241. The predicted octanol–water partition coefficient (Wildman–Crippen LogP) is 2.78. The zero-order chi connectivity index (χ0) is 19.4. The van der Waals surface area contributed by atoms with E-state index in [1.54, 1.807) is 24.0 Å². The molecule has 142 valence electrons. The van der Waals surface area contributed by atoms with Crippen molar-refractivity contribution in [2.24, 2.45) is 0 Å². The number of nitrogens with zero attached hydrogens (tertiary/aromatic N) is 2. The van der Waals surface area contributed by atoms with Crippen molar-refractivity contribution >= 4 is 17.5 Å². The van der Waals surface area contributed by atoms with Crippen LogP contribution in [-0.4, -0.2) is 44.0 Å². The molecule has 6 nitrogen and oxygen atoms in total. The maximum absolute atomic E-state index is 12.6. The van der Waals surface area contributed by atoms with Crippen LogP contribution in [0.4, 0.5) is 5.69 Å². The van der Waals surface area contributed by atoms with Crippen LogP contribution in [0, 0.1) is 6.92 Å². The van der Waals surface area contributed by atoms with Gasteiger partial charge in [-0.1, -0.05) is 29.8 Å². The summed E-state index contributed by atoms with van der Waals surface area (Å²) in [4.78, 5) is 28.1. The molecule has 0 aliphatic carbocycles. The number of ether oxygens (including phenoxy) is 2. The molecule has 0 radical (unpaired) electrons. The number of hydrogen-bond acceptors (Lipinski definition) is 4. The van der Waals surface area contributed by atoms with Gasteiger partial charge in [0.25, 0.3) is 5.91 Å². The zero-order valence-electron chi connectivity index (χ0n) is 15.9. The van der Waals surface area contributed by atoms with Crippen LogP contribution in [0.25, 0.3) is 0 Å². The van der Waals surface area contributed by atoms with Crippen molar-refractivity contribution in [3.63, 3.8) is 0 Å². The van der Waals surface area contributed by atoms with Gasteiger partial charge in [0.05, 0.1) is 12.8 Å². The summed E-state index contributed by atoms with van der Waals surface area (Å²) in [5.74, 6) is 1.26. The van der Waals surface area contributed by atoms with E-state index in [-0.39, 0.29) is 24.8 Å². The lowest BCUT2D eigenvalue weighted by molar-refractivity contribution is -0.130. The van der Waals surface area contributed by atoms with Crippen molar-refractivity contribution in [1.29, 1.82) is 0 Å². The van der Waals surface area contributed by atoms with Crippen LogP contribution in [0.1, 0.15) is 17.5 Å². The molecule has 2 amide bonds. The van der Waals surface area contributed by atoms with E-state index in [9.17, 15) is 9.59 Å². The number of amides is 2. The highest BCUT2D eigenvalue weighted by Crippen LogP contribution is 2.31. The number of benzene rings is 2. The Morgan fingerprint density at radius 2 is 2.04 bits per heavy atom. The van der Waals surface area contributed by atoms with Gasteiger partial charge in [0.15, 0.2) is 6.61 Å². The van der Waals surface area contributed by atoms with Gasteiger partial charge >= 0.3 is 0 Å². The number of para-hydroxylation sites is 2. The van der Waals surface area contributed by atoms with E-state index in [0.29, 0.717) is 24.5 Å². The molecule has 1 heterocycles. The summed E-state index contributed by atoms with van der Waals surface area (Å²) < 4.78 is 10.8. The fourth-order valence-corrected chi connectivity index (χ4v) is 3.17. The Bertz CT molecular complexity index is 850. The molecule has 0 unspecified atom stereocenters. The van der Waals surface area contributed by atoms with E-state index in [4.69, 9.17) is 9.47 Å². The maximum Gasteiger partial charge on any atom is 0.265 e. The van der Waals surface area contributed by atoms with Gasteiger partial charge in [-0.3, -0.25) is 9.59 Å². The number of carbonyl (C=O) groups is 2. The maximum atomic E-state index is 12.6. The minimum atomic E-state index is -0.135. The van der Waals surface area contributed by atoms with Crippen LogP contribution in [-0.2, 0) is 16.1 Å². The Labute approximate surface area is 159 Å². The third-order valence-corrected chi connectivity index (χ3v) is 4.63. The van der Waals surface area contributed by atoms with Crippen LogP contribution in [0.2, 0.25) is 0 Å². The van der Waals surface area contributed by atoms with Crippen molar-refractivity contribution in [1.82, 2.24) is 4.90 Å². The average molecular weight is 368 g/mol. The Hall–Kier alpha value is -3.02. The minimum Gasteiger partial charge on any atom is -0.496 e. The van der Waals surface area contributed by atoms with E-state index >= 15 is 0 Å². The highest BCUT2D eigenvalue weighted by molar-refractivity contribution is 5.98. The van der Waals surface area contributed by atoms with Crippen LogP contribution >= 0.6 is 0 Å². The molecule has 6 heteroatoms. The Balaban J connectivity index is 1.64. The van der Waals surface area contributed by atoms with Crippen LogP contribution in [0.3, 0.4) is 0 Å². The first-order chi connectivity index (χ1) is 13.0. The molecule has 0 spiro atoms. The molecule has 1 aliphatic heterocycles.